The second-order valence-corrected chi connectivity index (χ2v) is 3.29. The van der Waals surface area contributed by atoms with Crippen molar-refractivity contribution in [3.63, 3.8) is 0 Å². The van der Waals surface area contributed by atoms with Crippen LogP contribution in [0.25, 0.3) is 0 Å². The second kappa shape index (κ2) is 4.29. The Morgan fingerprint density at radius 1 is 1.17 bits per heavy atom. The molecule has 0 aliphatic heterocycles. The fraction of sp³-hybridized carbons (Fsp3) is 0. The van der Waals surface area contributed by atoms with Gasteiger partial charge in [0.05, 0.1) is 4.90 Å². The Kier molecular flexibility index (Phi) is 4.29. The summed E-state index contributed by atoms with van der Waals surface area (Å²) in [5, 5.41) is 0. The fourth-order valence-corrected chi connectivity index (χ4v) is 1.07. The topological polar surface area (TPSA) is 57.2 Å². The predicted octanol–water partition coefficient (Wildman–Crippen LogP) is 0.727. The molecular formula is C6H4FHgO3S. The molecule has 0 saturated heterocycles. The first kappa shape index (κ1) is 12.0. The largest absolute Gasteiger partial charge is 1.00 e. The molecule has 0 unspecified atom stereocenters. The molecule has 0 aromatic heterocycles. The van der Waals surface area contributed by atoms with Gasteiger partial charge >= 0.3 is 27.7 Å². The summed E-state index contributed by atoms with van der Waals surface area (Å²) in [4.78, 5) is -0.418. The molecule has 12 heavy (non-hydrogen) atoms. The van der Waals surface area contributed by atoms with E-state index in [0.717, 1.165) is 24.3 Å². The molecule has 0 amide bonds. The standard InChI is InChI=1S/C6H5FO3S.Hg/c7-5-1-3-6(4-2-5)11(8,9)10;/h1-4H,(H,8,9,10);/q;+1/p-1. The smallest absolute Gasteiger partial charge is 0.744 e. The van der Waals surface area contributed by atoms with Crippen LogP contribution >= 0.6 is 0 Å². The molecule has 0 saturated carbocycles. The van der Waals surface area contributed by atoms with Gasteiger partial charge in [0.25, 0.3) is 0 Å². The number of rotatable bonds is 1. The predicted molar refractivity (Wildman–Crippen MR) is 34.4 cm³/mol. The van der Waals surface area contributed by atoms with E-state index in [9.17, 15) is 17.4 Å². The Labute approximate surface area is 89.9 Å². The van der Waals surface area contributed by atoms with Gasteiger partial charge in [-0.25, -0.2) is 12.8 Å². The van der Waals surface area contributed by atoms with Crippen LogP contribution in [0.4, 0.5) is 4.39 Å². The summed E-state index contributed by atoms with van der Waals surface area (Å²) in [5.41, 5.74) is 0. The third kappa shape index (κ3) is 3.16. The second-order valence-electron chi connectivity index (χ2n) is 1.91. The molecule has 0 bridgehead atoms. The number of halogens is 1. The van der Waals surface area contributed by atoms with Crippen molar-refractivity contribution in [3.8, 4) is 0 Å². The zero-order chi connectivity index (χ0) is 8.48. The SMILES string of the molecule is O=S(=O)([O-])c1ccc(F)cc1.[Hg+]. The minimum Gasteiger partial charge on any atom is -0.744 e. The number of hydrogen-bond donors (Lipinski definition) is 0. The van der Waals surface area contributed by atoms with Crippen LogP contribution < -0.4 is 0 Å². The fourth-order valence-electron chi connectivity index (χ4n) is 0.601. The van der Waals surface area contributed by atoms with Crippen LogP contribution in [-0.4, -0.2) is 13.0 Å². The van der Waals surface area contributed by atoms with Gasteiger partial charge in [-0.05, 0) is 24.3 Å². The van der Waals surface area contributed by atoms with E-state index in [1.165, 1.54) is 0 Å². The summed E-state index contributed by atoms with van der Waals surface area (Å²) in [6.45, 7) is 0. The average Bonchev–Trinajstić information content (AvgIpc) is 1.86. The van der Waals surface area contributed by atoms with Crippen molar-refractivity contribution >= 4 is 10.1 Å². The Morgan fingerprint density at radius 3 is 1.92 bits per heavy atom. The van der Waals surface area contributed by atoms with Gasteiger partial charge in [0.15, 0.2) is 0 Å². The Balaban J connectivity index is 0.00000121. The molecule has 1 aromatic carbocycles. The van der Waals surface area contributed by atoms with Crippen molar-refractivity contribution < 1.29 is 45.0 Å². The molecule has 0 aliphatic carbocycles. The minimum absolute atomic E-state index is 0. The molecule has 0 N–H and O–H groups in total. The molecule has 0 aliphatic rings. The van der Waals surface area contributed by atoms with Crippen LogP contribution in [0.5, 0.6) is 0 Å². The molecule has 1 radical (unpaired) electrons. The van der Waals surface area contributed by atoms with E-state index >= 15 is 0 Å². The minimum atomic E-state index is -4.44. The van der Waals surface area contributed by atoms with Crippen molar-refractivity contribution in [3.05, 3.63) is 30.1 Å². The first-order chi connectivity index (χ1) is 5.00. The first-order valence-electron chi connectivity index (χ1n) is 2.71. The third-order valence-electron chi connectivity index (χ3n) is 1.10. The molecular weight excluding hydrogens is 372 g/mol. The van der Waals surface area contributed by atoms with E-state index < -0.39 is 20.8 Å². The quantitative estimate of drug-likeness (QED) is 0.537. The normalized spacial score (nSPS) is 10.5. The third-order valence-corrected chi connectivity index (χ3v) is 1.95. The average molecular weight is 376 g/mol. The molecule has 1 rings (SSSR count). The Morgan fingerprint density at radius 2 is 1.58 bits per heavy atom. The van der Waals surface area contributed by atoms with E-state index in [4.69, 9.17) is 0 Å². The van der Waals surface area contributed by atoms with Gasteiger partial charge in [0, 0.05) is 0 Å². The van der Waals surface area contributed by atoms with Crippen LogP contribution in [0.15, 0.2) is 29.2 Å². The van der Waals surface area contributed by atoms with Crippen molar-refractivity contribution in [2.45, 2.75) is 4.90 Å². The van der Waals surface area contributed by atoms with E-state index in [1.807, 2.05) is 0 Å². The van der Waals surface area contributed by atoms with Gasteiger partial charge < -0.3 is 4.55 Å². The molecule has 0 heterocycles. The van der Waals surface area contributed by atoms with Crippen molar-refractivity contribution in [2.24, 2.45) is 0 Å². The zero-order valence-electron chi connectivity index (χ0n) is 6.03. The van der Waals surface area contributed by atoms with Crippen molar-refractivity contribution in [1.82, 2.24) is 0 Å². The summed E-state index contributed by atoms with van der Waals surface area (Å²) in [6, 6.07) is 3.70. The summed E-state index contributed by atoms with van der Waals surface area (Å²) in [6.07, 6.45) is 0. The molecule has 0 fully saturated rings. The molecule has 6 heteroatoms. The maximum atomic E-state index is 12.2. The first-order valence-corrected chi connectivity index (χ1v) is 4.12. The molecule has 3 nitrogen and oxygen atoms in total. The molecule has 0 atom stereocenters. The van der Waals surface area contributed by atoms with E-state index in [0.29, 0.717) is 0 Å². The summed E-state index contributed by atoms with van der Waals surface area (Å²) >= 11 is 0. The van der Waals surface area contributed by atoms with Crippen LogP contribution in [0.1, 0.15) is 0 Å². The van der Waals surface area contributed by atoms with E-state index in [2.05, 4.69) is 0 Å². The van der Waals surface area contributed by atoms with Crippen molar-refractivity contribution in [2.75, 3.05) is 0 Å². The summed E-state index contributed by atoms with van der Waals surface area (Å²) < 4.78 is 43.0. The van der Waals surface area contributed by atoms with Gasteiger partial charge in [-0.3, -0.25) is 0 Å². The maximum absolute atomic E-state index is 12.2. The summed E-state index contributed by atoms with van der Waals surface area (Å²) in [7, 11) is -4.44. The summed E-state index contributed by atoms with van der Waals surface area (Å²) in [5.74, 6) is -0.572. The van der Waals surface area contributed by atoms with Crippen LogP contribution in [0.3, 0.4) is 0 Å². The number of benzene rings is 1. The maximum Gasteiger partial charge on any atom is 1.00 e. The van der Waals surface area contributed by atoms with Crippen LogP contribution in [-0.2, 0) is 37.8 Å². The Bertz CT molecular complexity index is 346. The van der Waals surface area contributed by atoms with E-state index in [-0.39, 0.29) is 27.7 Å². The van der Waals surface area contributed by atoms with E-state index in [1.54, 1.807) is 0 Å². The van der Waals surface area contributed by atoms with Gasteiger partial charge in [0.1, 0.15) is 15.9 Å². The molecule has 0 spiro atoms. The van der Waals surface area contributed by atoms with Crippen LogP contribution in [0, 0.1) is 5.82 Å². The number of hydrogen-bond acceptors (Lipinski definition) is 3. The zero-order valence-corrected chi connectivity index (χ0v) is 12.3. The van der Waals surface area contributed by atoms with Gasteiger partial charge in [-0.2, -0.15) is 0 Å². The van der Waals surface area contributed by atoms with Gasteiger partial charge in [-0.15, -0.1) is 0 Å². The van der Waals surface area contributed by atoms with Crippen LogP contribution in [0.2, 0.25) is 0 Å². The Hall–Kier alpha value is -0.00494. The van der Waals surface area contributed by atoms with Crippen molar-refractivity contribution in [1.29, 1.82) is 0 Å². The molecule has 1 aromatic rings. The monoisotopic (exact) mass is 377 g/mol. The van der Waals surface area contributed by atoms with Gasteiger partial charge in [-0.1, -0.05) is 0 Å². The molecule has 61 valence electrons. The van der Waals surface area contributed by atoms with Gasteiger partial charge in [0.2, 0.25) is 0 Å².